The zero-order chi connectivity index (χ0) is 12.3. The largest absolute Gasteiger partial charge is 0.294 e. The third kappa shape index (κ3) is 3.44. The van der Waals surface area contributed by atoms with E-state index in [1.54, 1.807) is 0 Å². The summed E-state index contributed by atoms with van der Waals surface area (Å²) >= 11 is 8.20. The summed E-state index contributed by atoms with van der Waals surface area (Å²) in [5.74, 6) is 0.503. The first-order valence-corrected chi connectivity index (χ1v) is 7.63. The van der Waals surface area contributed by atoms with Crippen LogP contribution in [0.2, 0.25) is 5.02 Å². The molecule has 17 heavy (non-hydrogen) atoms. The molecule has 0 N–H and O–H groups in total. The van der Waals surface area contributed by atoms with Gasteiger partial charge in [0.15, 0.2) is 5.78 Å². The molecule has 0 heterocycles. The van der Waals surface area contributed by atoms with Gasteiger partial charge in [0.2, 0.25) is 0 Å². The van der Waals surface area contributed by atoms with Gasteiger partial charge in [-0.05, 0) is 53.6 Å². The van der Waals surface area contributed by atoms with Crippen molar-refractivity contribution >= 4 is 40.0 Å². The number of carbonyl (C=O) groups is 1. The summed E-state index contributed by atoms with van der Waals surface area (Å²) in [6, 6.07) is 5.58. The van der Waals surface area contributed by atoms with Gasteiger partial charge in [-0.25, -0.2) is 0 Å². The van der Waals surface area contributed by atoms with Crippen molar-refractivity contribution in [3.63, 3.8) is 0 Å². The Morgan fingerprint density at radius 3 is 2.47 bits per heavy atom. The molecule has 0 aliphatic heterocycles. The normalized spacial score (nSPS) is 17.8. The van der Waals surface area contributed by atoms with Crippen LogP contribution in [0.25, 0.3) is 0 Å². The van der Waals surface area contributed by atoms with Gasteiger partial charge in [-0.3, -0.25) is 4.79 Å². The number of carbonyl (C=O) groups excluding carboxylic acids is 1. The van der Waals surface area contributed by atoms with Gasteiger partial charge in [0.05, 0.1) is 0 Å². The van der Waals surface area contributed by atoms with E-state index in [1.165, 1.54) is 25.7 Å². The van der Waals surface area contributed by atoms with Gasteiger partial charge in [-0.1, -0.05) is 37.3 Å². The van der Waals surface area contributed by atoms with E-state index in [2.05, 4.69) is 22.6 Å². The van der Waals surface area contributed by atoms with E-state index in [9.17, 15) is 4.79 Å². The van der Waals surface area contributed by atoms with Crippen LogP contribution in [-0.4, -0.2) is 5.78 Å². The second kappa shape index (κ2) is 6.19. The molecule has 1 aliphatic carbocycles. The van der Waals surface area contributed by atoms with E-state index in [1.807, 2.05) is 18.2 Å². The van der Waals surface area contributed by atoms with Crippen molar-refractivity contribution in [1.29, 1.82) is 0 Å². The quantitative estimate of drug-likeness (QED) is 0.406. The topological polar surface area (TPSA) is 17.1 Å². The number of rotatable bonds is 2. The second-order valence-electron chi connectivity index (χ2n) is 4.68. The standard InChI is InChI=1S/C14H16ClIO/c15-11-7-8-13(16)12(9-11)14(17)10-5-3-1-2-4-6-10/h7-10H,1-6H2. The number of halogens is 2. The highest BCUT2D eigenvalue weighted by Gasteiger charge is 2.23. The van der Waals surface area contributed by atoms with Crippen LogP contribution < -0.4 is 0 Å². The summed E-state index contributed by atoms with van der Waals surface area (Å²) in [6.45, 7) is 0. The van der Waals surface area contributed by atoms with Crippen LogP contribution in [0.5, 0.6) is 0 Å². The molecule has 0 unspecified atom stereocenters. The molecule has 0 atom stereocenters. The number of hydrogen-bond donors (Lipinski definition) is 0. The summed E-state index contributed by atoms with van der Waals surface area (Å²) in [5, 5.41) is 0.655. The number of ketones is 1. The minimum Gasteiger partial charge on any atom is -0.294 e. The van der Waals surface area contributed by atoms with Crippen molar-refractivity contribution in [2.24, 2.45) is 5.92 Å². The third-order valence-electron chi connectivity index (χ3n) is 3.42. The lowest BCUT2D eigenvalue weighted by Gasteiger charge is -2.14. The van der Waals surface area contributed by atoms with E-state index in [4.69, 9.17) is 11.6 Å². The van der Waals surface area contributed by atoms with Crippen LogP contribution >= 0.6 is 34.2 Å². The average molecular weight is 363 g/mol. The molecule has 0 aromatic heterocycles. The van der Waals surface area contributed by atoms with Crippen molar-refractivity contribution in [2.75, 3.05) is 0 Å². The molecule has 0 bridgehead atoms. The number of Topliss-reactive ketones (excluding diaryl/α,β-unsaturated/α-hetero) is 1. The molecule has 1 saturated carbocycles. The van der Waals surface area contributed by atoms with E-state index in [0.717, 1.165) is 22.0 Å². The van der Waals surface area contributed by atoms with Gasteiger partial charge < -0.3 is 0 Å². The molecular formula is C14H16ClIO. The minimum atomic E-state index is 0.212. The Balaban J connectivity index is 2.20. The number of benzene rings is 1. The lowest BCUT2D eigenvalue weighted by molar-refractivity contribution is 0.0907. The van der Waals surface area contributed by atoms with E-state index in [0.29, 0.717) is 10.8 Å². The first-order valence-electron chi connectivity index (χ1n) is 6.18. The zero-order valence-corrected chi connectivity index (χ0v) is 12.6. The SMILES string of the molecule is O=C(c1cc(Cl)ccc1I)C1CCCCCC1. The molecular weight excluding hydrogens is 347 g/mol. The molecule has 3 heteroatoms. The first kappa shape index (κ1) is 13.3. The minimum absolute atomic E-state index is 0.212. The summed E-state index contributed by atoms with van der Waals surface area (Å²) < 4.78 is 1.02. The Labute approximate surface area is 121 Å². The van der Waals surface area contributed by atoms with Gasteiger partial charge in [0, 0.05) is 20.1 Å². The highest BCUT2D eigenvalue weighted by molar-refractivity contribution is 14.1. The fraction of sp³-hybridized carbons (Fsp3) is 0.500. The Morgan fingerprint density at radius 2 is 1.82 bits per heavy atom. The Morgan fingerprint density at radius 1 is 1.18 bits per heavy atom. The highest BCUT2D eigenvalue weighted by atomic mass is 127. The summed E-state index contributed by atoms with van der Waals surface area (Å²) in [5.41, 5.74) is 0.810. The maximum Gasteiger partial charge on any atom is 0.167 e. The molecule has 0 saturated heterocycles. The molecule has 1 aliphatic rings. The predicted octanol–water partition coefficient (Wildman–Crippen LogP) is 5.10. The van der Waals surface area contributed by atoms with Crippen molar-refractivity contribution in [1.82, 2.24) is 0 Å². The maximum absolute atomic E-state index is 12.5. The summed E-state index contributed by atoms with van der Waals surface area (Å²) in [4.78, 5) is 12.5. The second-order valence-corrected chi connectivity index (χ2v) is 6.28. The van der Waals surface area contributed by atoms with Gasteiger partial charge >= 0.3 is 0 Å². The Hall–Kier alpha value is -0.0900. The van der Waals surface area contributed by atoms with Crippen LogP contribution in [0.1, 0.15) is 48.9 Å². The maximum atomic E-state index is 12.5. The smallest absolute Gasteiger partial charge is 0.167 e. The molecule has 1 aromatic carbocycles. The molecule has 1 aromatic rings. The molecule has 2 rings (SSSR count). The van der Waals surface area contributed by atoms with Gasteiger partial charge in [0.1, 0.15) is 0 Å². The van der Waals surface area contributed by atoms with Crippen LogP contribution in [0, 0.1) is 9.49 Å². The monoisotopic (exact) mass is 362 g/mol. The summed E-state index contributed by atoms with van der Waals surface area (Å²) in [7, 11) is 0. The van der Waals surface area contributed by atoms with Crippen LogP contribution in [0.3, 0.4) is 0 Å². The molecule has 0 amide bonds. The number of hydrogen-bond acceptors (Lipinski definition) is 1. The fourth-order valence-corrected chi connectivity index (χ4v) is 3.22. The average Bonchev–Trinajstić information content (AvgIpc) is 2.60. The zero-order valence-electron chi connectivity index (χ0n) is 9.72. The summed E-state index contributed by atoms with van der Waals surface area (Å²) in [6.07, 6.45) is 7.01. The van der Waals surface area contributed by atoms with Gasteiger partial charge in [-0.2, -0.15) is 0 Å². The molecule has 1 fully saturated rings. The molecule has 0 spiro atoms. The Kier molecular flexibility index (Phi) is 4.86. The Bertz CT molecular complexity index is 409. The highest BCUT2D eigenvalue weighted by Crippen LogP contribution is 2.28. The predicted molar refractivity (Wildman–Crippen MR) is 79.7 cm³/mol. The van der Waals surface area contributed by atoms with Crippen molar-refractivity contribution in [2.45, 2.75) is 38.5 Å². The van der Waals surface area contributed by atoms with E-state index in [-0.39, 0.29) is 5.92 Å². The van der Waals surface area contributed by atoms with Crippen molar-refractivity contribution in [3.05, 3.63) is 32.4 Å². The lowest BCUT2D eigenvalue weighted by Crippen LogP contribution is -2.15. The fourth-order valence-electron chi connectivity index (χ4n) is 2.45. The van der Waals surface area contributed by atoms with Crippen molar-refractivity contribution in [3.8, 4) is 0 Å². The third-order valence-corrected chi connectivity index (χ3v) is 4.60. The van der Waals surface area contributed by atoms with Crippen LogP contribution in [0.4, 0.5) is 0 Å². The van der Waals surface area contributed by atoms with E-state index < -0.39 is 0 Å². The van der Waals surface area contributed by atoms with Gasteiger partial charge in [0.25, 0.3) is 0 Å². The van der Waals surface area contributed by atoms with Gasteiger partial charge in [-0.15, -0.1) is 0 Å². The van der Waals surface area contributed by atoms with Crippen LogP contribution in [-0.2, 0) is 0 Å². The van der Waals surface area contributed by atoms with Crippen LogP contribution in [0.15, 0.2) is 18.2 Å². The lowest BCUT2D eigenvalue weighted by atomic mass is 9.91. The molecule has 0 radical (unpaired) electrons. The first-order chi connectivity index (χ1) is 8.18. The molecule has 1 nitrogen and oxygen atoms in total. The molecule has 92 valence electrons. The van der Waals surface area contributed by atoms with Crippen molar-refractivity contribution < 1.29 is 4.79 Å². The van der Waals surface area contributed by atoms with E-state index >= 15 is 0 Å².